The summed E-state index contributed by atoms with van der Waals surface area (Å²) in [6.45, 7) is 1.75. The van der Waals surface area contributed by atoms with E-state index in [0.717, 1.165) is 10.8 Å². The molecule has 1 aromatic rings. The van der Waals surface area contributed by atoms with E-state index >= 15 is 0 Å². The molecule has 0 amide bonds. The zero-order valence-corrected chi connectivity index (χ0v) is 10.6. The maximum atomic E-state index is 11.6. The molecule has 0 heterocycles. The number of Topliss-reactive ketones (excluding diaryl/α,β-unsaturated/α-hetero) is 1. The third kappa shape index (κ3) is 2.75. The Bertz CT molecular complexity index is 372. The Morgan fingerprint density at radius 1 is 1.43 bits per heavy atom. The Morgan fingerprint density at radius 2 is 2.07 bits per heavy atom. The van der Waals surface area contributed by atoms with Crippen molar-refractivity contribution < 1.29 is 9.59 Å². The second-order valence-electron chi connectivity index (χ2n) is 2.87. The average molecular weight is 320 g/mol. The molecule has 4 heteroatoms. The standard InChI is InChI=1S/C10H8Br2O2/c1-6(11)10(14)8-2-7(5-13)3-9(12)4-8/h2-6H,1H3. The van der Waals surface area contributed by atoms with Gasteiger partial charge < -0.3 is 0 Å². The number of rotatable bonds is 3. The first-order valence-electron chi connectivity index (χ1n) is 3.98. The van der Waals surface area contributed by atoms with E-state index < -0.39 is 0 Å². The first kappa shape index (κ1) is 11.6. The minimum Gasteiger partial charge on any atom is -0.298 e. The third-order valence-corrected chi connectivity index (χ3v) is 2.58. The van der Waals surface area contributed by atoms with E-state index in [9.17, 15) is 9.59 Å². The van der Waals surface area contributed by atoms with Crippen LogP contribution in [-0.2, 0) is 0 Å². The third-order valence-electron chi connectivity index (χ3n) is 1.70. The van der Waals surface area contributed by atoms with Gasteiger partial charge in [-0.2, -0.15) is 0 Å². The molecule has 0 aliphatic heterocycles. The van der Waals surface area contributed by atoms with Gasteiger partial charge >= 0.3 is 0 Å². The molecule has 0 bridgehead atoms. The van der Waals surface area contributed by atoms with Crippen molar-refractivity contribution in [1.29, 1.82) is 0 Å². The summed E-state index contributed by atoms with van der Waals surface area (Å²) < 4.78 is 0.735. The Labute approximate surface area is 98.9 Å². The van der Waals surface area contributed by atoms with Crippen LogP contribution in [0.5, 0.6) is 0 Å². The molecule has 0 radical (unpaired) electrons. The molecule has 1 atom stereocenters. The van der Waals surface area contributed by atoms with Crippen LogP contribution in [-0.4, -0.2) is 16.9 Å². The molecule has 1 unspecified atom stereocenters. The SMILES string of the molecule is CC(Br)C(=O)c1cc(Br)cc(C=O)c1. The van der Waals surface area contributed by atoms with Crippen molar-refractivity contribution in [3.8, 4) is 0 Å². The number of carbonyl (C=O) groups is 2. The summed E-state index contributed by atoms with van der Waals surface area (Å²) in [6.07, 6.45) is 0.723. The van der Waals surface area contributed by atoms with Crippen LogP contribution < -0.4 is 0 Å². The number of hydrogen-bond acceptors (Lipinski definition) is 2. The molecule has 0 fully saturated rings. The highest BCUT2D eigenvalue weighted by molar-refractivity contribution is 9.10. The molecule has 0 saturated carbocycles. The molecule has 0 aliphatic carbocycles. The van der Waals surface area contributed by atoms with Gasteiger partial charge in [0.15, 0.2) is 5.78 Å². The Morgan fingerprint density at radius 3 is 2.57 bits per heavy atom. The average Bonchev–Trinajstić information content (AvgIpc) is 2.15. The van der Waals surface area contributed by atoms with Crippen molar-refractivity contribution in [2.75, 3.05) is 0 Å². The van der Waals surface area contributed by atoms with Crippen LogP contribution in [0, 0.1) is 0 Å². The van der Waals surface area contributed by atoms with Gasteiger partial charge in [-0.05, 0) is 25.1 Å². The highest BCUT2D eigenvalue weighted by atomic mass is 79.9. The van der Waals surface area contributed by atoms with Crippen LogP contribution in [0.2, 0.25) is 0 Å². The molecule has 0 aromatic heterocycles. The lowest BCUT2D eigenvalue weighted by molar-refractivity contribution is 0.0996. The monoisotopic (exact) mass is 318 g/mol. The summed E-state index contributed by atoms with van der Waals surface area (Å²) in [5, 5.41) is 0. The lowest BCUT2D eigenvalue weighted by Gasteiger charge is -2.04. The Hall–Kier alpha value is -0.480. The molecule has 74 valence electrons. The minimum absolute atomic E-state index is 0.0330. The molecule has 0 N–H and O–H groups in total. The second-order valence-corrected chi connectivity index (χ2v) is 5.16. The summed E-state index contributed by atoms with van der Waals surface area (Å²) in [7, 11) is 0. The Balaban J connectivity index is 3.15. The van der Waals surface area contributed by atoms with Gasteiger partial charge in [-0.3, -0.25) is 9.59 Å². The smallest absolute Gasteiger partial charge is 0.176 e. The molecule has 14 heavy (non-hydrogen) atoms. The van der Waals surface area contributed by atoms with E-state index in [-0.39, 0.29) is 10.6 Å². The molecule has 0 aliphatic rings. The second kappa shape index (κ2) is 4.84. The van der Waals surface area contributed by atoms with Gasteiger partial charge in [0.25, 0.3) is 0 Å². The molecule has 1 rings (SSSR count). The van der Waals surface area contributed by atoms with Gasteiger partial charge in [0.1, 0.15) is 6.29 Å². The first-order valence-corrected chi connectivity index (χ1v) is 5.69. The fourth-order valence-corrected chi connectivity index (χ4v) is 1.83. The van der Waals surface area contributed by atoms with E-state index in [0.29, 0.717) is 11.1 Å². The normalized spacial score (nSPS) is 12.2. The van der Waals surface area contributed by atoms with Crippen LogP contribution in [0.4, 0.5) is 0 Å². The number of benzene rings is 1. The predicted octanol–water partition coefficient (Wildman–Crippen LogP) is 3.23. The van der Waals surface area contributed by atoms with Gasteiger partial charge in [-0.15, -0.1) is 0 Å². The highest BCUT2D eigenvalue weighted by Crippen LogP contribution is 2.17. The van der Waals surface area contributed by atoms with Gasteiger partial charge in [0.2, 0.25) is 0 Å². The van der Waals surface area contributed by atoms with Crippen molar-refractivity contribution in [3.63, 3.8) is 0 Å². The van der Waals surface area contributed by atoms with Crippen LogP contribution in [0.3, 0.4) is 0 Å². The lowest BCUT2D eigenvalue weighted by atomic mass is 10.1. The fraction of sp³-hybridized carbons (Fsp3) is 0.200. The summed E-state index contributed by atoms with van der Waals surface area (Å²) in [5.41, 5.74) is 1.03. The van der Waals surface area contributed by atoms with Crippen LogP contribution in [0.25, 0.3) is 0 Å². The summed E-state index contributed by atoms with van der Waals surface area (Å²) in [4.78, 5) is 21.9. The number of ketones is 1. The molecular weight excluding hydrogens is 312 g/mol. The number of carbonyl (C=O) groups excluding carboxylic acids is 2. The summed E-state index contributed by atoms with van der Waals surface area (Å²) in [5.74, 6) is -0.0330. The molecule has 1 aromatic carbocycles. The topological polar surface area (TPSA) is 34.1 Å². The van der Waals surface area contributed by atoms with E-state index in [1.165, 1.54) is 0 Å². The van der Waals surface area contributed by atoms with Crippen LogP contribution >= 0.6 is 31.9 Å². The van der Waals surface area contributed by atoms with E-state index in [2.05, 4.69) is 31.9 Å². The summed E-state index contributed by atoms with van der Waals surface area (Å²) >= 11 is 6.44. The van der Waals surface area contributed by atoms with Gasteiger partial charge in [0.05, 0.1) is 4.83 Å². The van der Waals surface area contributed by atoms with Gasteiger partial charge in [0, 0.05) is 15.6 Å². The number of halogens is 2. The first-order chi connectivity index (χ1) is 6.54. The molecular formula is C10H8Br2O2. The number of alkyl halides is 1. The van der Waals surface area contributed by atoms with Crippen molar-refractivity contribution in [3.05, 3.63) is 33.8 Å². The fourth-order valence-electron chi connectivity index (χ4n) is 1.05. The number of aldehydes is 1. The summed E-state index contributed by atoms with van der Waals surface area (Å²) in [6, 6.07) is 4.95. The highest BCUT2D eigenvalue weighted by Gasteiger charge is 2.12. The van der Waals surface area contributed by atoms with Crippen LogP contribution in [0.15, 0.2) is 22.7 Å². The van der Waals surface area contributed by atoms with Crippen molar-refractivity contribution >= 4 is 43.9 Å². The van der Waals surface area contributed by atoms with Crippen molar-refractivity contribution in [2.45, 2.75) is 11.8 Å². The largest absolute Gasteiger partial charge is 0.298 e. The maximum absolute atomic E-state index is 11.6. The lowest BCUT2D eigenvalue weighted by Crippen LogP contribution is -2.10. The zero-order chi connectivity index (χ0) is 10.7. The quantitative estimate of drug-likeness (QED) is 0.487. The van der Waals surface area contributed by atoms with Gasteiger partial charge in [-0.25, -0.2) is 0 Å². The Kier molecular flexibility index (Phi) is 4.01. The van der Waals surface area contributed by atoms with E-state index in [1.807, 2.05) is 0 Å². The molecule has 0 spiro atoms. The number of hydrogen-bond donors (Lipinski definition) is 0. The zero-order valence-electron chi connectivity index (χ0n) is 7.46. The van der Waals surface area contributed by atoms with Crippen molar-refractivity contribution in [2.24, 2.45) is 0 Å². The van der Waals surface area contributed by atoms with Crippen LogP contribution in [0.1, 0.15) is 27.6 Å². The van der Waals surface area contributed by atoms with Crippen molar-refractivity contribution in [1.82, 2.24) is 0 Å². The van der Waals surface area contributed by atoms with E-state index in [4.69, 9.17) is 0 Å². The van der Waals surface area contributed by atoms with E-state index in [1.54, 1.807) is 25.1 Å². The van der Waals surface area contributed by atoms with Gasteiger partial charge in [-0.1, -0.05) is 31.9 Å². The molecule has 2 nitrogen and oxygen atoms in total. The minimum atomic E-state index is -0.240. The maximum Gasteiger partial charge on any atom is 0.176 e. The predicted molar refractivity (Wildman–Crippen MR) is 62.2 cm³/mol. The molecule has 0 saturated heterocycles.